The van der Waals surface area contributed by atoms with E-state index in [2.05, 4.69) is 42.4 Å². The zero-order valence-corrected chi connectivity index (χ0v) is 11.6. The zero-order valence-electron chi connectivity index (χ0n) is 11.6. The topological polar surface area (TPSA) is 35.5 Å². The highest BCUT2D eigenvalue weighted by Crippen LogP contribution is 2.29. The van der Waals surface area contributed by atoms with Crippen LogP contribution >= 0.6 is 0 Å². The highest BCUT2D eigenvalue weighted by Gasteiger charge is 2.19. The molecule has 0 fully saturated rings. The van der Waals surface area contributed by atoms with Crippen molar-refractivity contribution in [2.45, 2.75) is 38.8 Å². The molecule has 0 aliphatic carbocycles. The third-order valence-corrected chi connectivity index (χ3v) is 3.80. The monoisotopic (exact) mass is 248 g/mol. The highest BCUT2D eigenvalue weighted by molar-refractivity contribution is 5.56. The van der Waals surface area contributed by atoms with Crippen molar-refractivity contribution >= 4 is 5.69 Å². The minimum atomic E-state index is -0.428. The number of likely N-dealkylation sites (N-methyl/N-ethyl adjacent to an activating group) is 1. The van der Waals surface area contributed by atoms with E-state index in [0.29, 0.717) is 0 Å². The summed E-state index contributed by atoms with van der Waals surface area (Å²) in [6.45, 7) is 6.10. The number of aliphatic hydroxyl groups is 1. The van der Waals surface area contributed by atoms with Gasteiger partial charge in [-0.1, -0.05) is 19.1 Å². The van der Waals surface area contributed by atoms with Crippen molar-refractivity contribution in [3.05, 3.63) is 29.3 Å². The SMILES string of the molecule is CCNC(C)C(O)c1ccc2c(c1)CCCN2C. The summed E-state index contributed by atoms with van der Waals surface area (Å²) in [6.07, 6.45) is 1.89. The number of aryl methyl sites for hydroxylation is 1. The van der Waals surface area contributed by atoms with Gasteiger partial charge in [0.2, 0.25) is 0 Å². The van der Waals surface area contributed by atoms with Gasteiger partial charge in [0.15, 0.2) is 0 Å². The molecule has 0 aromatic heterocycles. The molecule has 0 amide bonds. The normalized spacial score (nSPS) is 18.3. The number of fused-ring (bicyclic) bond motifs is 1. The second-order valence-corrected chi connectivity index (χ2v) is 5.20. The van der Waals surface area contributed by atoms with Crippen molar-refractivity contribution in [1.82, 2.24) is 5.32 Å². The molecule has 18 heavy (non-hydrogen) atoms. The van der Waals surface area contributed by atoms with Gasteiger partial charge in [-0.25, -0.2) is 0 Å². The summed E-state index contributed by atoms with van der Waals surface area (Å²) in [4.78, 5) is 2.29. The maximum Gasteiger partial charge on any atom is 0.0940 e. The lowest BCUT2D eigenvalue weighted by molar-refractivity contribution is 0.137. The molecule has 100 valence electrons. The average Bonchev–Trinajstić information content (AvgIpc) is 2.38. The van der Waals surface area contributed by atoms with Crippen LogP contribution in [0.15, 0.2) is 18.2 Å². The van der Waals surface area contributed by atoms with Gasteiger partial charge in [0, 0.05) is 25.3 Å². The molecule has 2 rings (SSSR count). The van der Waals surface area contributed by atoms with Gasteiger partial charge in [0.05, 0.1) is 6.10 Å². The lowest BCUT2D eigenvalue weighted by atomic mass is 9.95. The number of aliphatic hydroxyl groups excluding tert-OH is 1. The number of rotatable bonds is 4. The van der Waals surface area contributed by atoms with Crippen LogP contribution in [0.25, 0.3) is 0 Å². The molecule has 0 radical (unpaired) electrons. The first-order valence-electron chi connectivity index (χ1n) is 6.89. The van der Waals surface area contributed by atoms with Crippen LogP contribution in [0.2, 0.25) is 0 Å². The summed E-state index contributed by atoms with van der Waals surface area (Å²) in [7, 11) is 2.13. The van der Waals surface area contributed by atoms with Crippen molar-refractivity contribution in [3.63, 3.8) is 0 Å². The second-order valence-electron chi connectivity index (χ2n) is 5.20. The maximum atomic E-state index is 10.3. The number of benzene rings is 1. The second kappa shape index (κ2) is 5.72. The standard InChI is InChI=1S/C15H24N2O/c1-4-16-11(2)15(18)13-7-8-14-12(10-13)6-5-9-17(14)3/h7-8,10-11,15-16,18H,4-6,9H2,1-3H3. The molecular formula is C15H24N2O. The fourth-order valence-corrected chi connectivity index (χ4v) is 2.71. The van der Waals surface area contributed by atoms with E-state index in [1.807, 2.05) is 6.92 Å². The Balaban J connectivity index is 2.20. The van der Waals surface area contributed by atoms with Gasteiger partial charge in [-0.3, -0.25) is 0 Å². The highest BCUT2D eigenvalue weighted by atomic mass is 16.3. The number of hydrogen-bond acceptors (Lipinski definition) is 3. The molecule has 1 aliphatic heterocycles. The van der Waals surface area contributed by atoms with Crippen LogP contribution in [0.3, 0.4) is 0 Å². The molecule has 3 heteroatoms. The molecule has 2 atom stereocenters. The molecular weight excluding hydrogens is 224 g/mol. The van der Waals surface area contributed by atoms with Crippen molar-refractivity contribution in [1.29, 1.82) is 0 Å². The Labute approximate surface area is 110 Å². The van der Waals surface area contributed by atoms with Gasteiger partial charge in [0.25, 0.3) is 0 Å². The Morgan fingerprint density at radius 2 is 2.22 bits per heavy atom. The summed E-state index contributed by atoms with van der Waals surface area (Å²) in [6, 6.07) is 6.46. The van der Waals surface area contributed by atoms with Crippen molar-refractivity contribution in [2.24, 2.45) is 0 Å². The van der Waals surface area contributed by atoms with Crippen LogP contribution in [-0.2, 0) is 6.42 Å². The van der Waals surface area contributed by atoms with Crippen LogP contribution < -0.4 is 10.2 Å². The smallest absolute Gasteiger partial charge is 0.0940 e. The molecule has 0 saturated carbocycles. The van der Waals surface area contributed by atoms with E-state index in [0.717, 1.165) is 25.1 Å². The van der Waals surface area contributed by atoms with Gasteiger partial charge >= 0.3 is 0 Å². The van der Waals surface area contributed by atoms with E-state index in [1.165, 1.54) is 17.7 Å². The molecule has 3 nitrogen and oxygen atoms in total. The van der Waals surface area contributed by atoms with Crippen LogP contribution in [0.4, 0.5) is 5.69 Å². The summed E-state index contributed by atoms with van der Waals surface area (Å²) < 4.78 is 0. The predicted molar refractivity (Wildman–Crippen MR) is 76.1 cm³/mol. The lowest BCUT2D eigenvalue weighted by Gasteiger charge is -2.29. The first-order chi connectivity index (χ1) is 8.63. The molecule has 1 aromatic rings. The van der Waals surface area contributed by atoms with E-state index in [-0.39, 0.29) is 6.04 Å². The van der Waals surface area contributed by atoms with Gasteiger partial charge in [-0.05, 0) is 43.5 Å². The van der Waals surface area contributed by atoms with E-state index >= 15 is 0 Å². The van der Waals surface area contributed by atoms with Crippen LogP contribution in [0.1, 0.15) is 37.5 Å². The predicted octanol–water partition coefficient (Wildman–Crippen LogP) is 2.10. The molecule has 1 heterocycles. The minimum absolute atomic E-state index is 0.0920. The molecule has 2 unspecified atom stereocenters. The summed E-state index contributed by atoms with van der Waals surface area (Å²) >= 11 is 0. The Morgan fingerprint density at radius 3 is 2.94 bits per heavy atom. The van der Waals surface area contributed by atoms with Crippen LogP contribution in [0.5, 0.6) is 0 Å². The third-order valence-electron chi connectivity index (χ3n) is 3.80. The molecule has 1 aliphatic rings. The van der Waals surface area contributed by atoms with Crippen LogP contribution in [-0.4, -0.2) is 31.3 Å². The van der Waals surface area contributed by atoms with E-state index in [4.69, 9.17) is 0 Å². The fourth-order valence-electron chi connectivity index (χ4n) is 2.71. The Hall–Kier alpha value is -1.06. The Kier molecular flexibility index (Phi) is 4.25. The first-order valence-corrected chi connectivity index (χ1v) is 6.89. The van der Waals surface area contributed by atoms with E-state index in [1.54, 1.807) is 0 Å². The van der Waals surface area contributed by atoms with Gasteiger partial charge < -0.3 is 15.3 Å². The van der Waals surface area contributed by atoms with Crippen LogP contribution in [0, 0.1) is 0 Å². The quantitative estimate of drug-likeness (QED) is 0.856. The number of nitrogens with zero attached hydrogens (tertiary/aromatic N) is 1. The van der Waals surface area contributed by atoms with Gasteiger partial charge in [-0.15, -0.1) is 0 Å². The number of hydrogen-bond donors (Lipinski definition) is 2. The minimum Gasteiger partial charge on any atom is -0.387 e. The average molecular weight is 248 g/mol. The van der Waals surface area contributed by atoms with E-state index < -0.39 is 6.10 Å². The van der Waals surface area contributed by atoms with Gasteiger partial charge in [-0.2, -0.15) is 0 Å². The Morgan fingerprint density at radius 1 is 1.44 bits per heavy atom. The lowest BCUT2D eigenvalue weighted by Crippen LogP contribution is -2.32. The molecule has 0 spiro atoms. The zero-order chi connectivity index (χ0) is 13.1. The van der Waals surface area contributed by atoms with Gasteiger partial charge in [0.1, 0.15) is 0 Å². The third kappa shape index (κ3) is 2.68. The number of nitrogens with one attached hydrogen (secondary N) is 1. The number of anilines is 1. The molecule has 0 saturated heterocycles. The summed E-state index contributed by atoms with van der Waals surface area (Å²) in [5.41, 5.74) is 3.70. The fraction of sp³-hybridized carbons (Fsp3) is 0.600. The van der Waals surface area contributed by atoms with Crippen molar-refractivity contribution in [3.8, 4) is 0 Å². The largest absolute Gasteiger partial charge is 0.387 e. The maximum absolute atomic E-state index is 10.3. The molecule has 0 bridgehead atoms. The molecule has 2 N–H and O–H groups in total. The molecule has 1 aromatic carbocycles. The Bertz CT molecular complexity index is 405. The summed E-state index contributed by atoms with van der Waals surface area (Å²) in [5.74, 6) is 0. The van der Waals surface area contributed by atoms with E-state index in [9.17, 15) is 5.11 Å². The van der Waals surface area contributed by atoms with Crippen molar-refractivity contribution < 1.29 is 5.11 Å². The summed E-state index contributed by atoms with van der Waals surface area (Å²) in [5, 5.41) is 13.6. The first kappa shape index (κ1) is 13.4. The van der Waals surface area contributed by atoms with Crippen molar-refractivity contribution in [2.75, 3.05) is 25.0 Å².